The Morgan fingerprint density at radius 1 is 1.77 bits per heavy atom. The highest BCUT2D eigenvalue weighted by atomic mass is 35.5. The maximum atomic E-state index is 10.7. The number of hydrogen-bond acceptors (Lipinski definition) is 2. The van der Waals surface area contributed by atoms with Gasteiger partial charge in [-0.1, -0.05) is 13.0 Å². The van der Waals surface area contributed by atoms with E-state index in [9.17, 15) is 4.79 Å². The molecule has 74 valence electrons. The number of allylic oxidation sites excluding steroid dienone is 1. The molecular weight excluding hydrogens is 188 g/mol. The molecule has 0 heterocycles. The fraction of sp³-hybridized carbons (Fsp3) is 0.700. The molecule has 0 N–H and O–H groups in total. The summed E-state index contributed by atoms with van der Waals surface area (Å²) >= 11 is 5.84. The van der Waals surface area contributed by atoms with Gasteiger partial charge in [-0.2, -0.15) is 0 Å². The lowest BCUT2D eigenvalue weighted by Gasteiger charge is -2.16. The highest BCUT2D eigenvalue weighted by Gasteiger charge is 2.45. The maximum absolute atomic E-state index is 10.7. The normalized spacial score (nSPS) is 27.8. The van der Waals surface area contributed by atoms with E-state index in [1.54, 1.807) is 0 Å². The zero-order chi connectivity index (χ0) is 10.1. The van der Waals surface area contributed by atoms with Gasteiger partial charge in [-0.25, -0.2) is 0 Å². The first-order chi connectivity index (χ1) is 6.05. The van der Waals surface area contributed by atoms with Crippen molar-refractivity contribution in [2.75, 3.05) is 5.88 Å². The predicted molar refractivity (Wildman–Crippen MR) is 52.8 cm³/mol. The Balaban J connectivity index is 2.48. The Morgan fingerprint density at radius 2 is 2.38 bits per heavy atom. The third-order valence-electron chi connectivity index (χ3n) is 2.57. The number of carbonyl (C=O) groups is 1. The molecule has 0 radical (unpaired) electrons. The van der Waals surface area contributed by atoms with Crippen LogP contribution in [0.2, 0.25) is 0 Å². The summed E-state index contributed by atoms with van der Waals surface area (Å²) in [5.41, 5.74) is 1.20. The highest BCUT2D eigenvalue weighted by molar-refractivity contribution is 6.19. The lowest BCUT2D eigenvalue weighted by molar-refractivity contribution is -0.143. The van der Waals surface area contributed by atoms with E-state index < -0.39 is 0 Å². The molecule has 0 aromatic heterocycles. The van der Waals surface area contributed by atoms with E-state index in [1.807, 2.05) is 6.92 Å². The third kappa shape index (κ3) is 2.05. The van der Waals surface area contributed by atoms with Crippen LogP contribution < -0.4 is 0 Å². The first-order valence-electron chi connectivity index (χ1n) is 4.52. The quantitative estimate of drug-likeness (QED) is 0.398. The van der Waals surface area contributed by atoms with Crippen LogP contribution in [0, 0.1) is 5.41 Å². The fourth-order valence-corrected chi connectivity index (χ4v) is 2.03. The Bertz CT molecular complexity index is 241. The van der Waals surface area contributed by atoms with Crippen molar-refractivity contribution in [3.05, 3.63) is 11.6 Å². The smallest absolute Gasteiger partial charge is 0.303 e. The average molecular weight is 203 g/mol. The molecule has 1 rings (SSSR count). The Hall–Kier alpha value is -0.500. The van der Waals surface area contributed by atoms with Gasteiger partial charge in [0.1, 0.15) is 6.10 Å². The summed E-state index contributed by atoms with van der Waals surface area (Å²) in [5, 5.41) is 0. The molecule has 0 aromatic carbocycles. The van der Waals surface area contributed by atoms with E-state index in [1.165, 1.54) is 12.5 Å². The SMILES string of the molecule is CC[C@]1(CCl)C=C1C(C)OC(C)=O. The zero-order valence-electron chi connectivity index (χ0n) is 8.26. The molecule has 0 aliphatic heterocycles. The second kappa shape index (κ2) is 3.70. The van der Waals surface area contributed by atoms with Crippen molar-refractivity contribution in [1.29, 1.82) is 0 Å². The van der Waals surface area contributed by atoms with Crippen molar-refractivity contribution < 1.29 is 9.53 Å². The van der Waals surface area contributed by atoms with Crippen molar-refractivity contribution in [2.24, 2.45) is 5.41 Å². The van der Waals surface area contributed by atoms with E-state index in [4.69, 9.17) is 16.3 Å². The monoisotopic (exact) mass is 202 g/mol. The van der Waals surface area contributed by atoms with E-state index >= 15 is 0 Å². The molecule has 0 amide bonds. The molecule has 1 unspecified atom stereocenters. The van der Waals surface area contributed by atoms with Crippen molar-refractivity contribution in [2.45, 2.75) is 33.3 Å². The summed E-state index contributed by atoms with van der Waals surface area (Å²) in [6.07, 6.45) is 2.97. The number of alkyl halides is 1. The van der Waals surface area contributed by atoms with Crippen LogP contribution in [0.25, 0.3) is 0 Å². The summed E-state index contributed by atoms with van der Waals surface area (Å²) in [4.78, 5) is 10.7. The van der Waals surface area contributed by atoms with Gasteiger partial charge in [0, 0.05) is 18.2 Å². The van der Waals surface area contributed by atoms with E-state index in [0.29, 0.717) is 5.88 Å². The first kappa shape index (κ1) is 10.6. The van der Waals surface area contributed by atoms with Crippen molar-refractivity contribution in [1.82, 2.24) is 0 Å². The molecule has 0 bridgehead atoms. The molecule has 2 nitrogen and oxygen atoms in total. The second-order valence-electron chi connectivity index (χ2n) is 3.49. The summed E-state index contributed by atoms with van der Waals surface area (Å²) in [6, 6.07) is 0. The summed E-state index contributed by atoms with van der Waals surface area (Å²) in [7, 11) is 0. The van der Waals surface area contributed by atoms with Gasteiger partial charge in [-0.05, 0) is 18.9 Å². The van der Waals surface area contributed by atoms with E-state index in [0.717, 1.165) is 6.42 Å². The van der Waals surface area contributed by atoms with Crippen LogP contribution in [0.15, 0.2) is 11.6 Å². The molecule has 1 aliphatic carbocycles. The first-order valence-corrected chi connectivity index (χ1v) is 5.05. The average Bonchev–Trinajstić information content (AvgIpc) is 2.78. The number of carbonyl (C=O) groups excluding carboxylic acids is 1. The topological polar surface area (TPSA) is 26.3 Å². The highest BCUT2D eigenvalue weighted by Crippen LogP contribution is 2.50. The maximum Gasteiger partial charge on any atom is 0.303 e. The number of esters is 1. The minimum Gasteiger partial charge on any atom is -0.458 e. The molecule has 0 fully saturated rings. The predicted octanol–water partition coefficient (Wildman–Crippen LogP) is 2.51. The Kier molecular flexibility index (Phi) is 3.01. The number of rotatable bonds is 4. The van der Waals surface area contributed by atoms with Crippen molar-refractivity contribution >= 4 is 17.6 Å². The van der Waals surface area contributed by atoms with Crippen LogP contribution in [0.3, 0.4) is 0 Å². The van der Waals surface area contributed by atoms with Gasteiger partial charge in [-0.15, -0.1) is 11.6 Å². The van der Waals surface area contributed by atoms with Crippen LogP contribution in [0.1, 0.15) is 27.2 Å². The Morgan fingerprint density at radius 3 is 2.69 bits per heavy atom. The van der Waals surface area contributed by atoms with E-state index in [-0.39, 0.29) is 17.5 Å². The van der Waals surface area contributed by atoms with Gasteiger partial charge < -0.3 is 4.74 Å². The van der Waals surface area contributed by atoms with Gasteiger partial charge in [0.15, 0.2) is 0 Å². The molecule has 0 saturated heterocycles. The number of hydrogen-bond donors (Lipinski definition) is 0. The summed E-state index contributed by atoms with van der Waals surface area (Å²) in [5.74, 6) is 0.352. The van der Waals surface area contributed by atoms with Gasteiger partial charge in [0.05, 0.1) is 0 Å². The van der Waals surface area contributed by atoms with Gasteiger partial charge in [-0.3, -0.25) is 4.79 Å². The lowest BCUT2D eigenvalue weighted by atomic mass is 9.97. The molecule has 0 aromatic rings. The fourth-order valence-electron chi connectivity index (χ4n) is 1.61. The molecular formula is C10H15ClO2. The zero-order valence-corrected chi connectivity index (χ0v) is 9.02. The van der Waals surface area contributed by atoms with Crippen LogP contribution in [0.4, 0.5) is 0 Å². The van der Waals surface area contributed by atoms with Gasteiger partial charge in [0.25, 0.3) is 0 Å². The van der Waals surface area contributed by atoms with Crippen LogP contribution in [0.5, 0.6) is 0 Å². The number of halogens is 1. The van der Waals surface area contributed by atoms with Crippen LogP contribution in [-0.2, 0) is 9.53 Å². The largest absolute Gasteiger partial charge is 0.458 e. The van der Waals surface area contributed by atoms with Crippen molar-refractivity contribution in [3.8, 4) is 0 Å². The molecule has 0 spiro atoms. The number of ether oxygens (including phenoxy) is 1. The van der Waals surface area contributed by atoms with E-state index in [2.05, 4.69) is 13.0 Å². The molecule has 0 saturated carbocycles. The van der Waals surface area contributed by atoms with Gasteiger partial charge in [0.2, 0.25) is 0 Å². The minimum absolute atomic E-state index is 0.0381. The van der Waals surface area contributed by atoms with Crippen molar-refractivity contribution in [3.63, 3.8) is 0 Å². The Labute approximate surface area is 83.9 Å². The second-order valence-corrected chi connectivity index (χ2v) is 3.76. The molecule has 1 aliphatic rings. The van der Waals surface area contributed by atoms with Crippen LogP contribution >= 0.6 is 11.6 Å². The molecule has 13 heavy (non-hydrogen) atoms. The minimum atomic E-state index is -0.236. The molecule has 2 atom stereocenters. The summed E-state index contributed by atoms with van der Waals surface area (Å²) in [6.45, 7) is 5.40. The lowest BCUT2D eigenvalue weighted by Crippen LogP contribution is -2.17. The summed E-state index contributed by atoms with van der Waals surface area (Å²) < 4.78 is 5.07. The van der Waals surface area contributed by atoms with Crippen LogP contribution in [-0.4, -0.2) is 18.0 Å². The standard InChI is InChI=1S/C10H15ClO2/c1-4-10(6-11)5-9(10)7(2)13-8(3)12/h5,7H,4,6H2,1-3H3/t7?,10-/m1/s1. The van der Waals surface area contributed by atoms with Gasteiger partial charge >= 0.3 is 5.97 Å². The third-order valence-corrected chi connectivity index (χ3v) is 3.05. The molecule has 3 heteroatoms.